The summed E-state index contributed by atoms with van der Waals surface area (Å²) in [5.41, 5.74) is 0. The topological polar surface area (TPSA) is 38.3 Å². The zero-order valence-electron chi connectivity index (χ0n) is 9.86. The third-order valence-electron chi connectivity index (χ3n) is 2.30. The van der Waals surface area contributed by atoms with Crippen LogP contribution in [0.25, 0.3) is 0 Å². The molecular weight excluding hydrogens is 272 g/mol. The summed E-state index contributed by atoms with van der Waals surface area (Å²) in [7, 11) is 0. The molecule has 0 aliphatic rings. The molecule has 0 atom stereocenters. The van der Waals surface area contributed by atoms with Gasteiger partial charge in [-0.1, -0.05) is 6.07 Å². The molecule has 2 aromatic rings. The largest absolute Gasteiger partial charge is 0.484 e. The van der Waals surface area contributed by atoms with Gasteiger partial charge in [0, 0.05) is 10.9 Å². The molecule has 0 aliphatic heterocycles. The molecule has 0 bridgehead atoms. The lowest BCUT2D eigenvalue weighted by Crippen LogP contribution is -2.28. The Hall–Kier alpha value is -1.95. The zero-order valence-corrected chi connectivity index (χ0v) is 10.7. The van der Waals surface area contributed by atoms with Gasteiger partial charge in [0.2, 0.25) is 0 Å². The van der Waals surface area contributed by atoms with E-state index in [1.807, 2.05) is 17.5 Å². The molecule has 1 aromatic heterocycles. The van der Waals surface area contributed by atoms with Crippen molar-refractivity contribution in [2.75, 3.05) is 6.61 Å². The minimum absolute atomic E-state index is 0.116. The normalized spacial score (nSPS) is 10.2. The number of halogens is 2. The van der Waals surface area contributed by atoms with Crippen molar-refractivity contribution in [2.24, 2.45) is 0 Å². The molecule has 0 aliphatic carbocycles. The number of benzene rings is 1. The van der Waals surface area contributed by atoms with Crippen LogP contribution >= 0.6 is 11.3 Å². The van der Waals surface area contributed by atoms with Crippen LogP contribution in [-0.4, -0.2) is 12.5 Å². The van der Waals surface area contributed by atoms with Crippen molar-refractivity contribution in [1.82, 2.24) is 5.32 Å². The minimum atomic E-state index is -1.00. The SMILES string of the molecule is O=C(COc1ccc(F)c(F)c1)NCc1cccs1. The molecule has 0 fully saturated rings. The van der Waals surface area contributed by atoms with Crippen LogP contribution in [0.4, 0.5) is 8.78 Å². The molecule has 100 valence electrons. The second-order valence-corrected chi connectivity index (χ2v) is 4.75. The standard InChI is InChI=1S/C13H11F2NO2S/c14-11-4-3-9(6-12(11)15)18-8-13(17)16-7-10-2-1-5-19-10/h1-6H,7-8H2,(H,16,17). The quantitative estimate of drug-likeness (QED) is 0.916. The molecule has 0 unspecified atom stereocenters. The van der Waals surface area contributed by atoms with Gasteiger partial charge in [0.15, 0.2) is 18.2 Å². The Bertz CT molecular complexity index is 558. The van der Waals surface area contributed by atoms with Crippen LogP contribution in [0.2, 0.25) is 0 Å². The average Bonchev–Trinajstić information content (AvgIpc) is 2.91. The molecular formula is C13H11F2NO2S. The first kappa shape index (κ1) is 13.5. The zero-order chi connectivity index (χ0) is 13.7. The number of rotatable bonds is 5. The fourth-order valence-corrected chi connectivity index (χ4v) is 2.01. The number of carbonyl (C=O) groups excluding carboxylic acids is 1. The summed E-state index contributed by atoms with van der Waals surface area (Å²) in [5, 5.41) is 4.58. The van der Waals surface area contributed by atoms with E-state index in [0.717, 1.165) is 17.0 Å². The summed E-state index contributed by atoms with van der Waals surface area (Å²) in [4.78, 5) is 12.5. The Balaban J connectivity index is 1.78. The van der Waals surface area contributed by atoms with Gasteiger partial charge in [-0.25, -0.2) is 8.78 Å². The van der Waals surface area contributed by atoms with Gasteiger partial charge in [-0.3, -0.25) is 4.79 Å². The molecule has 6 heteroatoms. The van der Waals surface area contributed by atoms with Gasteiger partial charge in [0.1, 0.15) is 5.75 Å². The van der Waals surface area contributed by atoms with E-state index in [1.165, 1.54) is 17.4 Å². The van der Waals surface area contributed by atoms with Crippen molar-refractivity contribution in [3.63, 3.8) is 0 Å². The van der Waals surface area contributed by atoms with Crippen molar-refractivity contribution in [2.45, 2.75) is 6.54 Å². The van der Waals surface area contributed by atoms with Crippen LogP contribution in [0.3, 0.4) is 0 Å². The van der Waals surface area contributed by atoms with Crippen LogP contribution in [0, 0.1) is 11.6 Å². The van der Waals surface area contributed by atoms with Crippen LogP contribution in [0.5, 0.6) is 5.75 Å². The lowest BCUT2D eigenvalue weighted by atomic mass is 10.3. The maximum atomic E-state index is 12.9. The van der Waals surface area contributed by atoms with E-state index in [9.17, 15) is 13.6 Å². The van der Waals surface area contributed by atoms with Gasteiger partial charge in [-0.2, -0.15) is 0 Å². The molecule has 19 heavy (non-hydrogen) atoms. The maximum Gasteiger partial charge on any atom is 0.258 e. The van der Waals surface area contributed by atoms with E-state index in [2.05, 4.69) is 5.32 Å². The average molecular weight is 283 g/mol. The molecule has 3 nitrogen and oxygen atoms in total. The molecule has 1 N–H and O–H groups in total. The highest BCUT2D eigenvalue weighted by Crippen LogP contribution is 2.15. The Morgan fingerprint density at radius 3 is 2.79 bits per heavy atom. The predicted molar refractivity (Wildman–Crippen MR) is 68.0 cm³/mol. The van der Waals surface area contributed by atoms with E-state index in [4.69, 9.17) is 4.74 Å². The van der Waals surface area contributed by atoms with Crippen molar-refractivity contribution in [1.29, 1.82) is 0 Å². The first-order valence-electron chi connectivity index (χ1n) is 5.52. The summed E-state index contributed by atoms with van der Waals surface area (Å²) in [6.45, 7) is 0.189. The van der Waals surface area contributed by atoms with Gasteiger partial charge in [0.05, 0.1) is 6.54 Å². The second-order valence-electron chi connectivity index (χ2n) is 3.72. The highest BCUT2D eigenvalue weighted by molar-refractivity contribution is 7.09. The van der Waals surface area contributed by atoms with Crippen molar-refractivity contribution in [3.05, 3.63) is 52.2 Å². The van der Waals surface area contributed by atoms with E-state index >= 15 is 0 Å². The third-order valence-corrected chi connectivity index (χ3v) is 3.18. The Labute approximate surface area is 112 Å². The first-order chi connectivity index (χ1) is 9.15. The molecule has 1 heterocycles. The van der Waals surface area contributed by atoms with Gasteiger partial charge in [0.25, 0.3) is 5.91 Å². The van der Waals surface area contributed by atoms with Crippen LogP contribution in [0.1, 0.15) is 4.88 Å². The molecule has 0 saturated heterocycles. The summed E-state index contributed by atoms with van der Waals surface area (Å²) in [5.74, 6) is -2.16. The monoisotopic (exact) mass is 283 g/mol. The number of thiophene rings is 1. The lowest BCUT2D eigenvalue weighted by molar-refractivity contribution is -0.123. The summed E-state index contributed by atoms with van der Waals surface area (Å²) in [6.07, 6.45) is 0. The van der Waals surface area contributed by atoms with Gasteiger partial charge < -0.3 is 10.1 Å². The van der Waals surface area contributed by atoms with Crippen molar-refractivity contribution in [3.8, 4) is 5.75 Å². The van der Waals surface area contributed by atoms with E-state index in [1.54, 1.807) is 0 Å². The number of ether oxygens (including phenoxy) is 1. The fourth-order valence-electron chi connectivity index (χ4n) is 1.37. The third kappa shape index (κ3) is 4.03. The number of carbonyl (C=O) groups is 1. The molecule has 0 radical (unpaired) electrons. The van der Waals surface area contributed by atoms with E-state index < -0.39 is 11.6 Å². The summed E-state index contributed by atoms with van der Waals surface area (Å²) >= 11 is 1.54. The van der Waals surface area contributed by atoms with Crippen molar-refractivity contribution >= 4 is 17.2 Å². The van der Waals surface area contributed by atoms with Crippen LogP contribution in [-0.2, 0) is 11.3 Å². The minimum Gasteiger partial charge on any atom is -0.484 e. The smallest absolute Gasteiger partial charge is 0.258 e. The van der Waals surface area contributed by atoms with Crippen LogP contribution < -0.4 is 10.1 Å². The van der Waals surface area contributed by atoms with E-state index in [0.29, 0.717) is 6.54 Å². The molecule has 1 amide bonds. The highest BCUT2D eigenvalue weighted by Gasteiger charge is 2.06. The summed E-state index contributed by atoms with van der Waals surface area (Å²) < 4.78 is 30.6. The summed E-state index contributed by atoms with van der Waals surface area (Å²) in [6, 6.07) is 6.92. The highest BCUT2D eigenvalue weighted by atomic mass is 32.1. The van der Waals surface area contributed by atoms with Gasteiger partial charge >= 0.3 is 0 Å². The lowest BCUT2D eigenvalue weighted by Gasteiger charge is -2.07. The van der Waals surface area contributed by atoms with E-state index in [-0.39, 0.29) is 18.3 Å². The van der Waals surface area contributed by atoms with Crippen molar-refractivity contribution < 1.29 is 18.3 Å². The predicted octanol–water partition coefficient (Wildman–Crippen LogP) is 2.72. The number of hydrogen-bond donors (Lipinski definition) is 1. The number of amides is 1. The molecule has 0 saturated carbocycles. The molecule has 0 spiro atoms. The Kier molecular flexibility index (Phi) is 4.46. The first-order valence-corrected chi connectivity index (χ1v) is 6.40. The number of hydrogen-bond acceptors (Lipinski definition) is 3. The molecule has 2 rings (SSSR count). The Morgan fingerprint density at radius 1 is 1.26 bits per heavy atom. The fraction of sp³-hybridized carbons (Fsp3) is 0.154. The maximum absolute atomic E-state index is 12.9. The number of nitrogens with one attached hydrogen (secondary N) is 1. The van der Waals surface area contributed by atoms with Crippen LogP contribution in [0.15, 0.2) is 35.7 Å². The second kappa shape index (κ2) is 6.29. The Morgan fingerprint density at radius 2 is 2.11 bits per heavy atom. The van der Waals surface area contributed by atoms with Gasteiger partial charge in [-0.15, -0.1) is 11.3 Å². The van der Waals surface area contributed by atoms with Gasteiger partial charge in [-0.05, 0) is 23.6 Å². The molecule has 1 aromatic carbocycles.